The van der Waals surface area contributed by atoms with E-state index in [-0.39, 0.29) is 10.8 Å². The molecule has 0 saturated heterocycles. The van der Waals surface area contributed by atoms with Gasteiger partial charge in [-0.3, -0.25) is 9.10 Å². The lowest BCUT2D eigenvalue weighted by atomic mass is 10.2. The summed E-state index contributed by atoms with van der Waals surface area (Å²) in [5, 5.41) is 0.549. The van der Waals surface area contributed by atoms with E-state index in [1.54, 1.807) is 44.4 Å². The highest BCUT2D eigenvalue weighted by Gasteiger charge is 2.31. The van der Waals surface area contributed by atoms with E-state index in [1.165, 1.54) is 21.3 Å². The number of likely N-dealkylation sites (N-methyl/N-ethyl adjacent to an activating group) is 1. The second kappa shape index (κ2) is 6.81. The number of carbonyl (C=O) groups is 1. The first-order chi connectivity index (χ1) is 12.2. The van der Waals surface area contributed by atoms with Crippen LogP contribution in [0, 0.1) is 0 Å². The number of benzene rings is 2. The molecule has 2 aromatic carbocycles. The summed E-state index contributed by atoms with van der Waals surface area (Å²) in [6.07, 6.45) is 0. The number of hydrogen-bond donors (Lipinski definition) is 0. The maximum absolute atomic E-state index is 13.2. The second-order valence-corrected chi connectivity index (χ2v) is 8.66. The third-order valence-corrected chi connectivity index (χ3v) is 6.38. The van der Waals surface area contributed by atoms with Crippen molar-refractivity contribution in [2.75, 3.05) is 43.4 Å². The van der Waals surface area contributed by atoms with E-state index in [0.717, 1.165) is 5.69 Å². The van der Waals surface area contributed by atoms with Crippen LogP contribution in [0.2, 0.25) is 5.02 Å². The van der Waals surface area contributed by atoms with Gasteiger partial charge in [0.1, 0.15) is 0 Å². The predicted molar refractivity (Wildman–Crippen MR) is 104 cm³/mol. The molecule has 0 radical (unpaired) electrons. The average Bonchev–Trinajstić information content (AvgIpc) is 2.61. The molecule has 3 rings (SSSR count). The van der Waals surface area contributed by atoms with Crippen molar-refractivity contribution in [2.45, 2.75) is 4.90 Å². The molecule has 26 heavy (non-hydrogen) atoms. The Morgan fingerprint density at radius 1 is 1.08 bits per heavy atom. The zero-order valence-corrected chi connectivity index (χ0v) is 16.4. The minimum Gasteiger partial charge on any atom is -0.371 e. The van der Waals surface area contributed by atoms with Gasteiger partial charge in [0.25, 0.3) is 15.9 Å². The van der Waals surface area contributed by atoms with E-state index in [1.807, 2.05) is 11.9 Å². The lowest BCUT2D eigenvalue weighted by Crippen LogP contribution is -2.42. The van der Waals surface area contributed by atoms with Gasteiger partial charge in [-0.15, -0.1) is 0 Å². The molecule has 1 amide bonds. The van der Waals surface area contributed by atoms with Gasteiger partial charge in [0, 0.05) is 38.3 Å². The summed E-state index contributed by atoms with van der Waals surface area (Å²) < 4.78 is 27.8. The molecule has 0 saturated carbocycles. The predicted octanol–water partition coefficient (Wildman–Crippen LogP) is 2.69. The Bertz CT molecular complexity index is 960. The molecule has 2 aromatic rings. The van der Waals surface area contributed by atoms with E-state index in [2.05, 4.69) is 0 Å². The minimum atomic E-state index is -3.80. The smallest absolute Gasteiger partial charge is 0.264 e. The average molecular weight is 394 g/mol. The van der Waals surface area contributed by atoms with Crippen LogP contribution < -0.4 is 9.21 Å². The molecule has 0 N–H and O–H groups in total. The molecule has 1 aliphatic rings. The maximum atomic E-state index is 13.2. The van der Waals surface area contributed by atoms with Crippen molar-refractivity contribution in [2.24, 2.45) is 0 Å². The topological polar surface area (TPSA) is 60.9 Å². The van der Waals surface area contributed by atoms with Crippen LogP contribution >= 0.6 is 11.6 Å². The molecular weight excluding hydrogens is 374 g/mol. The number of halogens is 1. The Kier molecular flexibility index (Phi) is 4.86. The van der Waals surface area contributed by atoms with Gasteiger partial charge in [0.15, 0.2) is 0 Å². The van der Waals surface area contributed by atoms with Crippen molar-refractivity contribution >= 4 is 38.9 Å². The number of amides is 1. The normalized spacial score (nSPS) is 14.2. The first kappa shape index (κ1) is 18.5. The van der Waals surface area contributed by atoms with Gasteiger partial charge in [0.2, 0.25) is 0 Å². The Morgan fingerprint density at radius 3 is 2.50 bits per heavy atom. The number of sulfonamides is 1. The van der Waals surface area contributed by atoms with Crippen LogP contribution in [0.3, 0.4) is 0 Å². The van der Waals surface area contributed by atoms with Gasteiger partial charge in [-0.2, -0.15) is 0 Å². The van der Waals surface area contributed by atoms with Crippen molar-refractivity contribution in [1.29, 1.82) is 0 Å². The first-order valence-electron chi connectivity index (χ1n) is 8.07. The molecule has 0 aliphatic carbocycles. The van der Waals surface area contributed by atoms with E-state index in [9.17, 15) is 13.2 Å². The van der Waals surface area contributed by atoms with E-state index < -0.39 is 10.0 Å². The van der Waals surface area contributed by atoms with Crippen LogP contribution in [0.15, 0.2) is 47.4 Å². The van der Waals surface area contributed by atoms with Gasteiger partial charge < -0.3 is 9.80 Å². The summed E-state index contributed by atoms with van der Waals surface area (Å²) in [6, 6.07) is 11.3. The van der Waals surface area contributed by atoms with Crippen LogP contribution in [0.4, 0.5) is 11.4 Å². The van der Waals surface area contributed by atoms with E-state index in [4.69, 9.17) is 11.6 Å². The highest BCUT2D eigenvalue weighted by molar-refractivity contribution is 7.92. The molecule has 0 unspecified atom stereocenters. The van der Waals surface area contributed by atoms with Gasteiger partial charge in [-0.25, -0.2) is 8.42 Å². The minimum absolute atomic E-state index is 0.0932. The number of fused-ring (bicyclic) bond motifs is 1. The Labute approximate surface area is 158 Å². The fourth-order valence-electron chi connectivity index (χ4n) is 2.92. The number of nitrogens with zero attached hydrogens (tertiary/aromatic N) is 3. The molecule has 1 aliphatic heterocycles. The number of carbonyl (C=O) groups excluding carboxylic acids is 1. The van der Waals surface area contributed by atoms with Crippen LogP contribution in [-0.2, 0) is 10.0 Å². The van der Waals surface area contributed by atoms with Crippen LogP contribution in [0.25, 0.3) is 0 Å². The summed E-state index contributed by atoms with van der Waals surface area (Å²) >= 11 is 6.07. The number of rotatable bonds is 3. The fraction of sp³-hybridized carbons (Fsp3) is 0.278. The summed E-state index contributed by atoms with van der Waals surface area (Å²) in [7, 11) is 1.36. The van der Waals surface area contributed by atoms with Crippen molar-refractivity contribution in [3.8, 4) is 0 Å². The zero-order chi connectivity index (χ0) is 19.1. The second-order valence-electron chi connectivity index (χ2n) is 6.36. The Balaban J connectivity index is 2.06. The Morgan fingerprint density at radius 2 is 1.81 bits per heavy atom. The fourth-order valence-corrected chi connectivity index (χ4v) is 4.60. The standard InChI is InChI=1S/C18H20ClN3O3S/c1-20(2)18(23)13-5-4-6-15(11-13)26(24,25)22-10-9-21(3)17-12-14(19)7-8-16(17)22/h4-8,11-12H,9-10H2,1-3H3. The van der Waals surface area contributed by atoms with Crippen molar-refractivity contribution < 1.29 is 13.2 Å². The largest absolute Gasteiger partial charge is 0.371 e. The monoisotopic (exact) mass is 393 g/mol. The van der Waals surface area contributed by atoms with E-state index in [0.29, 0.717) is 29.4 Å². The highest BCUT2D eigenvalue weighted by atomic mass is 35.5. The van der Waals surface area contributed by atoms with Crippen LogP contribution in [0.1, 0.15) is 10.4 Å². The van der Waals surface area contributed by atoms with E-state index >= 15 is 0 Å². The molecule has 0 aromatic heterocycles. The summed E-state index contributed by atoms with van der Waals surface area (Å²) in [5.74, 6) is -0.243. The summed E-state index contributed by atoms with van der Waals surface area (Å²) in [6.45, 7) is 0.863. The molecule has 0 fully saturated rings. The Hall–Kier alpha value is -2.25. The van der Waals surface area contributed by atoms with Crippen LogP contribution in [0.5, 0.6) is 0 Å². The molecule has 6 nitrogen and oxygen atoms in total. The molecular formula is C18H20ClN3O3S. The van der Waals surface area contributed by atoms with Crippen LogP contribution in [-0.4, -0.2) is 53.5 Å². The first-order valence-corrected chi connectivity index (χ1v) is 9.89. The van der Waals surface area contributed by atoms with Crippen molar-refractivity contribution in [3.05, 3.63) is 53.1 Å². The molecule has 138 valence electrons. The summed E-state index contributed by atoms with van der Waals surface area (Å²) in [5.41, 5.74) is 1.67. The SMILES string of the molecule is CN(C)C(=O)c1cccc(S(=O)(=O)N2CCN(C)c3cc(Cl)ccc32)c1. The van der Waals surface area contributed by atoms with Gasteiger partial charge in [-0.05, 0) is 36.4 Å². The molecule has 0 bridgehead atoms. The maximum Gasteiger partial charge on any atom is 0.264 e. The van der Waals surface area contributed by atoms with Gasteiger partial charge >= 0.3 is 0 Å². The quantitative estimate of drug-likeness (QED) is 0.804. The lowest BCUT2D eigenvalue weighted by Gasteiger charge is -2.36. The van der Waals surface area contributed by atoms with Gasteiger partial charge in [-0.1, -0.05) is 17.7 Å². The number of hydrogen-bond acceptors (Lipinski definition) is 4. The number of anilines is 2. The third-order valence-electron chi connectivity index (χ3n) is 4.33. The zero-order valence-electron chi connectivity index (χ0n) is 14.8. The summed E-state index contributed by atoms with van der Waals surface area (Å²) in [4.78, 5) is 15.7. The van der Waals surface area contributed by atoms with Gasteiger partial charge in [0.05, 0.1) is 22.8 Å². The molecule has 1 heterocycles. The lowest BCUT2D eigenvalue weighted by molar-refractivity contribution is 0.0827. The van der Waals surface area contributed by atoms with Crippen molar-refractivity contribution in [1.82, 2.24) is 4.90 Å². The molecule has 0 atom stereocenters. The highest BCUT2D eigenvalue weighted by Crippen LogP contribution is 2.37. The molecule has 0 spiro atoms. The third kappa shape index (κ3) is 3.24. The molecule has 8 heteroatoms. The van der Waals surface area contributed by atoms with Crippen molar-refractivity contribution in [3.63, 3.8) is 0 Å².